The standard InChI is InChI=1S/C14H8N2O2.C12H6N2O2.CH4/c17-9-15-12-7-5-11(6-8-12)13-3-1-2-4-14(13)16-10-18;15-7-13-11-5-1-3-9-10(11)4-2-6-12(9)14-8-16;/h1-8H;1-6H;1H4. The minimum atomic E-state index is 0. The highest BCUT2D eigenvalue weighted by Crippen LogP contribution is 2.32. The summed E-state index contributed by atoms with van der Waals surface area (Å²) in [5.41, 5.74) is 3.81. The molecule has 0 amide bonds. The van der Waals surface area contributed by atoms with Crippen molar-refractivity contribution in [3.05, 3.63) is 84.9 Å². The molecular formula is C27H18N4O4. The number of rotatable bonds is 5. The summed E-state index contributed by atoms with van der Waals surface area (Å²) in [7, 11) is 0. The van der Waals surface area contributed by atoms with Crippen molar-refractivity contribution < 1.29 is 19.2 Å². The van der Waals surface area contributed by atoms with E-state index in [1.807, 2.05) is 12.1 Å². The van der Waals surface area contributed by atoms with E-state index in [0.717, 1.165) is 21.9 Å². The molecule has 4 aromatic rings. The predicted octanol–water partition coefficient (Wildman–Crippen LogP) is 6.70. The van der Waals surface area contributed by atoms with Gasteiger partial charge < -0.3 is 0 Å². The molecule has 4 aromatic carbocycles. The molecule has 0 unspecified atom stereocenters. The van der Waals surface area contributed by atoms with Crippen LogP contribution in [-0.2, 0) is 19.2 Å². The van der Waals surface area contributed by atoms with Crippen molar-refractivity contribution in [3.8, 4) is 11.1 Å². The Kier molecular flexibility index (Phi) is 9.82. The normalized spacial score (nSPS) is 8.91. The Morgan fingerprint density at radius 1 is 0.457 bits per heavy atom. The van der Waals surface area contributed by atoms with Crippen LogP contribution in [0.4, 0.5) is 22.7 Å². The molecule has 0 atom stereocenters. The SMILES string of the molecule is C.O=C=Nc1ccc(-c2ccccc2N=C=O)cc1.O=C=Nc1cccc2c(N=C=O)cccc12. The highest BCUT2D eigenvalue weighted by atomic mass is 16.1. The van der Waals surface area contributed by atoms with Crippen LogP contribution in [0, 0.1) is 0 Å². The molecule has 0 saturated carbocycles. The first-order chi connectivity index (χ1) is 16.7. The van der Waals surface area contributed by atoms with Gasteiger partial charge in [0.2, 0.25) is 24.3 Å². The lowest BCUT2D eigenvalue weighted by Gasteiger charge is -2.04. The Hall–Kier alpha value is -5.34. The summed E-state index contributed by atoms with van der Waals surface area (Å²) in [5.74, 6) is 0. The van der Waals surface area contributed by atoms with Gasteiger partial charge in [0.25, 0.3) is 0 Å². The fourth-order valence-corrected chi connectivity index (χ4v) is 3.20. The van der Waals surface area contributed by atoms with Gasteiger partial charge in [-0.15, -0.1) is 0 Å². The summed E-state index contributed by atoms with van der Waals surface area (Å²) >= 11 is 0. The Morgan fingerprint density at radius 2 is 0.914 bits per heavy atom. The second-order valence-electron chi connectivity index (χ2n) is 6.53. The lowest BCUT2D eigenvalue weighted by molar-refractivity contribution is 0.564. The Bertz CT molecular complexity index is 1460. The molecule has 35 heavy (non-hydrogen) atoms. The lowest BCUT2D eigenvalue weighted by Crippen LogP contribution is -1.78. The molecule has 0 radical (unpaired) electrons. The second-order valence-corrected chi connectivity index (χ2v) is 6.53. The van der Waals surface area contributed by atoms with Gasteiger partial charge >= 0.3 is 0 Å². The topological polar surface area (TPSA) is 118 Å². The number of hydrogen-bond donors (Lipinski definition) is 0. The molecule has 4 rings (SSSR count). The van der Waals surface area contributed by atoms with Crippen LogP contribution >= 0.6 is 0 Å². The molecule has 0 spiro atoms. The fourth-order valence-electron chi connectivity index (χ4n) is 3.20. The summed E-state index contributed by atoms with van der Waals surface area (Å²) < 4.78 is 0. The van der Waals surface area contributed by atoms with Crippen LogP contribution in [0.5, 0.6) is 0 Å². The zero-order valence-corrected chi connectivity index (χ0v) is 17.5. The van der Waals surface area contributed by atoms with E-state index >= 15 is 0 Å². The first-order valence-electron chi connectivity index (χ1n) is 9.74. The first kappa shape index (κ1) is 25.9. The van der Waals surface area contributed by atoms with Gasteiger partial charge in [0.15, 0.2) is 0 Å². The molecule has 8 heteroatoms. The maximum absolute atomic E-state index is 10.3. The van der Waals surface area contributed by atoms with Gasteiger partial charge in [0.1, 0.15) is 0 Å². The maximum Gasteiger partial charge on any atom is 0.240 e. The molecule has 0 aromatic heterocycles. The number of hydrogen-bond acceptors (Lipinski definition) is 8. The van der Waals surface area contributed by atoms with Crippen LogP contribution in [0.15, 0.2) is 105 Å². The number of aliphatic imine (C=N–C) groups is 4. The Labute approximate surface area is 200 Å². The summed E-state index contributed by atoms with van der Waals surface area (Å²) in [6.07, 6.45) is 6.00. The number of nitrogens with zero attached hydrogens (tertiary/aromatic N) is 4. The van der Waals surface area contributed by atoms with Crippen LogP contribution in [0.1, 0.15) is 7.43 Å². The third kappa shape index (κ3) is 6.58. The molecule has 0 bridgehead atoms. The van der Waals surface area contributed by atoms with E-state index in [2.05, 4.69) is 20.0 Å². The quantitative estimate of drug-likeness (QED) is 0.242. The number of para-hydroxylation sites is 1. The van der Waals surface area contributed by atoms with Crippen molar-refractivity contribution in [1.82, 2.24) is 0 Å². The monoisotopic (exact) mass is 462 g/mol. The zero-order chi connectivity index (χ0) is 24.2. The Morgan fingerprint density at radius 3 is 1.43 bits per heavy atom. The van der Waals surface area contributed by atoms with Crippen LogP contribution < -0.4 is 0 Å². The van der Waals surface area contributed by atoms with E-state index in [9.17, 15) is 19.2 Å². The first-order valence-corrected chi connectivity index (χ1v) is 9.74. The maximum atomic E-state index is 10.3. The third-order valence-electron chi connectivity index (χ3n) is 4.63. The molecule has 0 aliphatic heterocycles. The van der Waals surface area contributed by atoms with Crippen LogP contribution in [0.2, 0.25) is 0 Å². The number of carbonyl (C=O) groups excluding carboxylic acids is 4. The van der Waals surface area contributed by atoms with Crippen molar-refractivity contribution in [2.24, 2.45) is 20.0 Å². The predicted molar refractivity (Wildman–Crippen MR) is 134 cm³/mol. The summed E-state index contributed by atoms with van der Waals surface area (Å²) in [4.78, 5) is 55.3. The molecule has 0 aliphatic carbocycles. The highest BCUT2D eigenvalue weighted by molar-refractivity contribution is 6.00. The van der Waals surface area contributed by atoms with Crippen LogP contribution in [-0.4, -0.2) is 24.3 Å². The average molecular weight is 462 g/mol. The van der Waals surface area contributed by atoms with Gasteiger partial charge in [-0.3, -0.25) is 0 Å². The molecule has 8 nitrogen and oxygen atoms in total. The molecule has 170 valence electrons. The second kappa shape index (κ2) is 13.3. The zero-order valence-electron chi connectivity index (χ0n) is 17.5. The minimum Gasteiger partial charge on any atom is -0.211 e. The number of isocyanates is 4. The van der Waals surface area contributed by atoms with Gasteiger partial charge in [0, 0.05) is 16.3 Å². The molecular weight excluding hydrogens is 444 g/mol. The number of fused-ring (bicyclic) bond motifs is 1. The van der Waals surface area contributed by atoms with Gasteiger partial charge in [0.05, 0.1) is 22.7 Å². The lowest BCUT2D eigenvalue weighted by atomic mass is 10.0. The largest absolute Gasteiger partial charge is 0.240 e. The highest BCUT2D eigenvalue weighted by Gasteiger charge is 2.04. The van der Waals surface area contributed by atoms with Crippen molar-refractivity contribution in [2.75, 3.05) is 0 Å². The fraction of sp³-hybridized carbons (Fsp3) is 0.0370. The van der Waals surface area contributed by atoms with Gasteiger partial charge in [-0.25, -0.2) is 19.2 Å². The van der Waals surface area contributed by atoms with Crippen LogP contribution in [0.25, 0.3) is 21.9 Å². The Balaban J connectivity index is 0.000000241. The van der Waals surface area contributed by atoms with E-state index in [0.29, 0.717) is 22.7 Å². The van der Waals surface area contributed by atoms with Gasteiger partial charge in [-0.05, 0) is 35.9 Å². The van der Waals surface area contributed by atoms with Crippen molar-refractivity contribution in [1.29, 1.82) is 0 Å². The molecule has 0 saturated heterocycles. The van der Waals surface area contributed by atoms with E-state index < -0.39 is 0 Å². The smallest absolute Gasteiger partial charge is 0.211 e. The van der Waals surface area contributed by atoms with E-state index in [1.54, 1.807) is 72.8 Å². The van der Waals surface area contributed by atoms with E-state index in [4.69, 9.17) is 0 Å². The molecule has 0 fully saturated rings. The van der Waals surface area contributed by atoms with Crippen molar-refractivity contribution >= 4 is 57.8 Å². The van der Waals surface area contributed by atoms with Crippen molar-refractivity contribution in [2.45, 2.75) is 7.43 Å². The average Bonchev–Trinajstić information content (AvgIpc) is 2.87. The number of benzene rings is 4. The third-order valence-corrected chi connectivity index (χ3v) is 4.63. The molecule has 0 aliphatic rings. The summed E-state index contributed by atoms with van der Waals surface area (Å²) in [5, 5.41) is 1.50. The van der Waals surface area contributed by atoms with Crippen molar-refractivity contribution in [3.63, 3.8) is 0 Å². The van der Waals surface area contributed by atoms with E-state index in [1.165, 1.54) is 24.3 Å². The summed E-state index contributed by atoms with van der Waals surface area (Å²) in [6, 6.07) is 24.7. The molecule has 0 N–H and O–H groups in total. The summed E-state index contributed by atoms with van der Waals surface area (Å²) in [6.45, 7) is 0. The minimum absolute atomic E-state index is 0. The van der Waals surface area contributed by atoms with Gasteiger partial charge in [-0.1, -0.05) is 62.0 Å². The molecule has 0 heterocycles. The van der Waals surface area contributed by atoms with E-state index in [-0.39, 0.29) is 7.43 Å². The van der Waals surface area contributed by atoms with Crippen LogP contribution in [0.3, 0.4) is 0 Å². The van der Waals surface area contributed by atoms with Gasteiger partial charge in [-0.2, -0.15) is 20.0 Å².